The minimum atomic E-state index is -0.236. The average molecular weight is 250 g/mol. The highest BCUT2D eigenvalue weighted by Crippen LogP contribution is 2.23. The number of nitrogen functional groups attached to an aromatic ring is 1. The van der Waals surface area contributed by atoms with Crippen molar-refractivity contribution in [1.29, 1.82) is 0 Å². The topological polar surface area (TPSA) is 81.4 Å². The molecule has 18 heavy (non-hydrogen) atoms. The first-order valence-corrected chi connectivity index (χ1v) is 5.84. The van der Waals surface area contributed by atoms with Gasteiger partial charge in [0, 0.05) is 19.0 Å². The van der Waals surface area contributed by atoms with Gasteiger partial charge < -0.3 is 15.8 Å². The van der Waals surface area contributed by atoms with Crippen molar-refractivity contribution in [3.63, 3.8) is 0 Å². The van der Waals surface area contributed by atoms with E-state index in [0.717, 1.165) is 6.42 Å². The highest BCUT2D eigenvalue weighted by atomic mass is 16.5. The fourth-order valence-electron chi connectivity index (χ4n) is 1.44. The molecular weight excluding hydrogens is 232 g/mol. The van der Waals surface area contributed by atoms with Crippen LogP contribution in [-0.4, -0.2) is 25.3 Å². The Bertz CT molecular complexity index is 444. The first kappa shape index (κ1) is 14.0. The van der Waals surface area contributed by atoms with Gasteiger partial charge >= 0.3 is 0 Å². The van der Waals surface area contributed by atoms with E-state index in [2.05, 4.69) is 5.32 Å². The molecule has 0 saturated carbocycles. The molecule has 0 fully saturated rings. The number of carbonyl (C=O) groups is 2. The van der Waals surface area contributed by atoms with Crippen molar-refractivity contribution < 1.29 is 14.3 Å². The number of anilines is 1. The second-order valence-electron chi connectivity index (χ2n) is 3.89. The summed E-state index contributed by atoms with van der Waals surface area (Å²) >= 11 is 0. The predicted octanol–water partition coefficient (Wildman–Crippen LogP) is 1.38. The predicted molar refractivity (Wildman–Crippen MR) is 69.7 cm³/mol. The first-order valence-electron chi connectivity index (χ1n) is 5.84. The molecule has 1 amide bonds. The number of Topliss-reactive ketones (excluding diaryl/α,β-unsaturated/α-hetero) is 1. The third kappa shape index (κ3) is 3.76. The van der Waals surface area contributed by atoms with Gasteiger partial charge in [0.1, 0.15) is 5.75 Å². The quantitative estimate of drug-likeness (QED) is 0.590. The van der Waals surface area contributed by atoms with Crippen LogP contribution in [0.15, 0.2) is 18.2 Å². The number of carbonyl (C=O) groups excluding carboxylic acids is 2. The fourth-order valence-corrected chi connectivity index (χ4v) is 1.44. The molecule has 0 bridgehead atoms. The second kappa shape index (κ2) is 6.64. The largest absolute Gasteiger partial charge is 0.482 e. The van der Waals surface area contributed by atoms with Gasteiger partial charge in [0.15, 0.2) is 12.4 Å². The van der Waals surface area contributed by atoms with Crippen LogP contribution in [0.2, 0.25) is 0 Å². The van der Waals surface area contributed by atoms with E-state index in [9.17, 15) is 9.59 Å². The van der Waals surface area contributed by atoms with Crippen LogP contribution in [0, 0.1) is 0 Å². The SMILES string of the molecule is CCCC(=O)c1ccc(OCC(=O)NC)c(N)c1. The molecule has 0 radical (unpaired) electrons. The maximum absolute atomic E-state index is 11.7. The summed E-state index contributed by atoms with van der Waals surface area (Å²) in [7, 11) is 1.53. The molecule has 0 unspecified atom stereocenters. The van der Waals surface area contributed by atoms with E-state index in [0.29, 0.717) is 23.4 Å². The smallest absolute Gasteiger partial charge is 0.257 e. The number of amides is 1. The van der Waals surface area contributed by atoms with Crippen molar-refractivity contribution in [3.8, 4) is 5.75 Å². The molecule has 5 nitrogen and oxygen atoms in total. The number of ketones is 1. The van der Waals surface area contributed by atoms with E-state index in [1.165, 1.54) is 7.05 Å². The van der Waals surface area contributed by atoms with Gasteiger partial charge in [0.05, 0.1) is 5.69 Å². The van der Waals surface area contributed by atoms with Gasteiger partial charge in [0.25, 0.3) is 5.91 Å². The maximum atomic E-state index is 11.7. The lowest BCUT2D eigenvalue weighted by Gasteiger charge is -2.09. The Morgan fingerprint density at radius 2 is 2.11 bits per heavy atom. The third-order valence-corrected chi connectivity index (χ3v) is 2.45. The van der Waals surface area contributed by atoms with E-state index >= 15 is 0 Å². The average Bonchev–Trinajstić information content (AvgIpc) is 2.37. The van der Waals surface area contributed by atoms with Crippen molar-refractivity contribution in [3.05, 3.63) is 23.8 Å². The molecule has 3 N–H and O–H groups in total. The van der Waals surface area contributed by atoms with Crippen molar-refractivity contribution in [2.45, 2.75) is 19.8 Å². The first-order chi connectivity index (χ1) is 8.58. The molecule has 1 rings (SSSR count). The highest BCUT2D eigenvalue weighted by molar-refractivity contribution is 5.97. The van der Waals surface area contributed by atoms with Gasteiger partial charge in [-0.05, 0) is 24.6 Å². The van der Waals surface area contributed by atoms with Crippen LogP contribution in [0.4, 0.5) is 5.69 Å². The molecule has 0 saturated heterocycles. The lowest BCUT2D eigenvalue weighted by Crippen LogP contribution is -2.25. The fraction of sp³-hybridized carbons (Fsp3) is 0.385. The zero-order chi connectivity index (χ0) is 13.5. The number of likely N-dealkylation sites (N-methyl/N-ethyl adjacent to an activating group) is 1. The molecule has 0 aliphatic carbocycles. The zero-order valence-electron chi connectivity index (χ0n) is 10.7. The number of ether oxygens (including phenoxy) is 1. The monoisotopic (exact) mass is 250 g/mol. The van der Waals surface area contributed by atoms with Crippen LogP contribution in [0.5, 0.6) is 5.75 Å². The summed E-state index contributed by atoms with van der Waals surface area (Å²) in [5.74, 6) is 0.231. The van der Waals surface area contributed by atoms with E-state index in [-0.39, 0.29) is 18.3 Å². The molecular formula is C13H18N2O3. The van der Waals surface area contributed by atoms with E-state index in [1.807, 2.05) is 6.92 Å². The summed E-state index contributed by atoms with van der Waals surface area (Å²) in [6.45, 7) is 1.85. The van der Waals surface area contributed by atoms with Crippen LogP contribution in [0.1, 0.15) is 30.1 Å². The maximum Gasteiger partial charge on any atom is 0.257 e. The Labute approximate surface area is 106 Å². The van der Waals surface area contributed by atoms with Crippen LogP contribution >= 0.6 is 0 Å². The van der Waals surface area contributed by atoms with Gasteiger partial charge in [-0.2, -0.15) is 0 Å². The number of rotatable bonds is 6. The van der Waals surface area contributed by atoms with E-state index in [4.69, 9.17) is 10.5 Å². The zero-order valence-corrected chi connectivity index (χ0v) is 10.7. The number of hydrogen-bond acceptors (Lipinski definition) is 4. The van der Waals surface area contributed by atoms with Crippen LogP contribution in [0.25, 0.3) is 0 Å². The van der Waals surface area contributed by atoms with Crippen LogP contribution in [-0.2, 0) is 4.79 Å². The van der Waals surface area contributed by atoms with Crippen molar-refractivity contribution in [2.24, 2.45) is 0 Å². The Morgan fingerprint density at radius 1 is 1.39 bits per heavy atom. The molecule has 1 aromatic rings. The van der Waals surface area contributed by atoms with E-state index in [1.54, 1.807) is 18.2 Å². The molecule has 1 aromatic carbocycles. The van der Waals surface area contributed by atoms with Gasteiger partial charge in [0.2, 0.25) is 0 Å². The van der Waals surface area contributed by atoms with Crippen molar-refractivity contribution in [2.75, 3.05) is 19.4 Å². The minimum Gasteiger partial charge on any atom is -0.482 e. The van der Waals surface area contributed by atoms with Gasteiger partial charge in [-0.25, -0.2) is 0 Å². The molecule has 5 heteroatoms. The Hall–Kier alpha value is -2.04. The van der Waals surface area contributed by atoms with Crippen LogP contribution in [0.3, 0.4) is 0 Å². The Morgan fingerprint density at radius 3 is 2.67 bits per heavy atom. The molecule has 0 aliphatic rings. The lowest BCUT2D eigenvalue weighted by atomic mass is 10.1. The van der Waals surface area contributed by atoms with Gasteiger partial charge in [-0.1, -0.05) is 6.92 Å². The van der Waals surface area contributed by atoms with Gasteiger partial charge in [-0.15, -0.1) is 0 Å². The third-order valence-electron chi connectivity index (χ3n) is 2.45. The Kier molecular flexibility index (Phi) is 5.17. The number of hydrogen-bond donors (Lipinski definition) is 2. The van der Waals surface area contributed by atoms with E-state index < -0.39 is 0 Å². The molecule has 0 aromatic heterocycles. The van der Waals surface area contributed by atoms with Crippen molar-refractivity contribution in [1.82, 2.24) is 5.32 Å². The molecule has 0 aliphatic heterocycles. The summed E-state index contributed by atoms with van der Waals surface area (Å²) in [6, 6.07) is 4.85. The van der Waals surface area contributed by atoms with Crippen LogP contribution < -0.4 is 15.8 Å². The molecule has 0 heterocycles. The number of benzene rings is 1. The number of nitrogens with two attached hydrogens (primary N) is 1. The second-order valence-corrected chi connectivity index (χ2v) is 3.89. The minimum absolute atomic E-state index is 0.0575. The highest BCUT2D eigenvalue weighted by Gasteiger charge is 2.09. The number of nitrogens with one attached hydrogen (secondary N) is 1. The standard InChI is InChI=1S/C13H18N2O3/c1-3-4-11(16)9-5-6-12(10(14)7-9)18-8-13(17)15-2/h5-7H,3-4,8,14H2,1-2H3,(H,15,17). The summed E-state index contributed by atoms with van der Waals surface area (Å²) < 4.78 is 5.24. The molecule has 0 spiro atoms. The normalized spacial score (nSPS) is 9.89. The molecule has 98 valence electrons. The lowest BCUT2D eigenvalue weighted by molar-refractivity contribution is -0.122. The Balaban J connectivity index is 2.73. The van der Waals surface area contributed by atoms with Gasteiger partial charge in [-0.3, -0.25) is 9.59 Å². The van der Waals surface area contributed by atoms with Crippen molar-refractivity contribution >= 4 is 17.4 Å². The molecule has 0 atom stereocenters. The summed E-state index contributed by atoms with van der Waals surface area (Å²) in [4.78, 5) is 22.7. The summed E-state index contributed by atoms with van der Waals surface area (Å²) in [5.41, 5.74) is 6.71. The summed E-state index contributed by atoms with van der Waals surface area (Å²) in [6.07, 6.45) is 1.30. The summed E-state index contributed by atoms with van der Waals surface area (Å²) in [5, 5.41) is 2.44.